The lowest BCUT2D eigenvalue weighted by atomic mass is 9.99. The summed E-state index contributed by atoms with van der Waals surface area (Å²) in [6, 6.07) is 25.9. The Morgan fingerprint density at radius 2 is 1.00 bits per heavy atom. The molecule has 0 atom stereocenters. The summed E-state index contributed by atoms with van der Waals surface area (Å²) in [4.78, 5) is 0. The summed E-state index contributed by atoms with van der Waals surface area (Å²) in [6.45, 7) is 5.07. The van der Waals surface area contributed by atoms with Gasteiger partial charge >= 0.3 is 0 Å². The van der Waals surface area contributed by atoms with E-state index in [1.807, 2.05) is 12.1 Å². The van der Waals surface area contributed by atoms with Crippen LogP contribution in [-0.2, 0) is 6.42 Å². The Morgan fingerprint density at radius 3 is 1.42 bits per heavy atom. The fraction of sp³-hybridized carbons (Fsp3) is 0.217. The molecule has 1 nitrogen and oxygen atoms in total. The molecule has 0 spiro atoms. The van der Waals surface area contributed by atoms with Crippen LogP contribution in [0.3, 0.4) is 0 Å². The van der Waals surface area contributed by atoms with Crippen molar-refractivity contribution in [1.29, 1.82) is 0 Å². The van der Waals surface area contributed by atoms with Crippen molar-refractivity contribution in [3.8, 4) is 28.0 Å². The third-order valence-corrected chi connectivity index (χ3v) is 4.24. The van der Waals surface area contributed by atoms with Gasteiger partial charge in [0.05, 0.1) is 6.61 Å². The summed E-state index contributed by atoms with van der Waals surface area (Å²) in [5.74, 6) is 0.938. The molecule has 0 bridgehead atoms. The van der Waals surface area contributed by atoms with Crippen LogP contribution in [0.4, 0.5) is 0 Å². The Balaban J connectivity index is 1.76. The molecule has 0 radical (unpaired) electrons. The van der Waals surface area contributed by atoms with E-state index in [-0.39, 0.29) is 0 Å². The smallest absolute Gasteiger partial charge is 0.119 e. The summed E-state index contributed by atoms with van der Waals surface area (Å²) < 4.78 is 5.64. The molecular formula is C23H24O. The Hall–Kier alpha value is -2.54. The lowest BCUT2D eigenvalue weighted by Crippen LogP contribution is -1.94. The van der Waals surface area contributed by atoms with Crippen LogP contribution in [0.15, 0.2) is 72.8 Å². The molecule has 0 heterocycles. The van der Waals surface area contributed by atoms with Crippen molar-refractivity contribution in [1.82, 2.24) is 0 Å². The summed E-state index contributed by atoms with van der Waals surface area (Å²) in [7, 11) is 0. The Kier molecular flexibility index (Phi) is 5.32. The first-order valence-electron chi connectivity index (χ1n) is 8.72. The lowest BCUT2D eigenvalue weighted by molar-refractivity contribution is 0.317. The Morgan fingerprint density at radius 1 is 0.583 bits per heavy atom. The van der Waals surface area contributed by atoms with Gasteiger partial charge in [-0.3, -0.25) is 0 Å². The van der Waals surface area contributed by atoms with Crippen molar-refractivity contribution in [2.75, 3.05) is 6.61 Å². The summed E-state index contributed by atoms with van der Waals surface area (Å²) in [5, 5.41) is 0. The monoisotopic (exact) mass is 316 g/mol. The Bertz CT molecular complexity index is 753. The summed E-state index contributed by atoms with van der Waals surface area (Å²) in [6.07, 6.45) is 2.11. The van der Waals surface area contributed by atoms with Crippen LogP contribution in [0.2, 0.25) is 0 Å². The quantitative estimate of drug-likeness (QED) is 0.513. The van der Waals surface area contributed by atoms with Gasteiger partial charge in [-0.15, -0.1) is 0 Å². The first kappa shape index (κ1) is 16.3. The zero-order chi connectivity index (χ0) is 16.8. The molecule has 0 aliphatic rings. The van der Waals surface area contributed by atoms with Crippen molar-refractivity contribution in [3.05, 3.63) is 78.4 Å². The predicted octanol–water partition coefficient (Wildman–Crippen LogP) is 6.37. The molecule has 0 saturated heterocycles. The fourth-order valence-electron chi connectivity index (χ4n) is 2.75. The van der Waals surface area contributed by atoms with Gasteiger partial charge in [-0.1, -0.05) is 74.5 Å². The second-order valence-electron chi connectivity index (χ2n) is 6.00. The molecule has 3 aromatic carbocycles. The Labute approximate surface area is 144 Å². The van der Waals surface area contributed by atoms with Crippen LogP contribution in [0.5, 0.6) is 5.75 Å². The van der Waals surface area contributed by atoms with Gasteiger partial charge in [-0.2, -0.15) is 0 Å². The van der Waals surface area contributed by atoms with Crippen molar-refractivity contribution >= 4 is 0 Å². The fourth-order valence-corrected chi connectivity index (χ4v) is 2.75. The molecule has 24 heavy (non-hydrogen) atoms. The number of benzene rings is 3. The highest BCUT2D eigenvalue weighted by Crippen LogP contribution is 2.26. The molecule has 3 rings (SSSR count). The highest BCUT2D eigenvalue weighted by molar-refractivity contribution is 5.70. The van der Waals surface area contributed by atoms with Crippen LogP contribution >= 0.6 is 0 Å². The van der Waals surface area contributed by atoms with Crippen molar-refractivity contribution < 1.29 is 4.74 Å². The van der Waals surface area contributed by atoms with E-state index < -0.39 is 0 Å². The van der Waals surface area contributed by atoms with Gasteiger partial charge in [-0.25, -0.2) is 0 Å². The third kappa shape index (κ3) is 3.86. The van der Waals surface area contributed by atoms with Gasteiger partial charge in [0.15, 0.2) is 0 Å². The topological polar surface area (TPSA) is 9.23 Å². The zero-order valence-electron chi connectivity index (χ0n) is 14.5. The van der Waals surface area contributed by atoms with Crippen LogP contribution < -0.4 is 4.74 Å². The van der Waals surface area contributed by atoms with E-state index in [4.69, 9.17) is 4.74 Å². The van der Waals surface area contributed by atoms with Gasteiger partial charge in [0.2, 0.25) is 0 Å². The van der Waals surface area contributed by atoms with Crippen LogP contribution in [0, 0.1) is 0 Å². The van der Waals surface area contributed by atoms with Gasteiger partial charge in [0.25, 0.3) is 0 Å². The van der Waals surface area contributed by atoms with Crippen molar-refractivity contribution in [2.45, 2.75) is 26.7 Å². The molecule has 0 amide bonds. The predicted molar refractivity (Wildman–Crippen MR) is 102 cm³/mol. The maximum Gasteiger partial charge on any atom is 0.119 e. The van der Waals surface area contributed by atoms with Gasteiger partial charge < -0.3 is 4.74 Å². The third-order valence-electron chi connectivity index (χ3n) is 4.24. The van der Waals surface area contributed by atoms with E-state index in [1.165, 1.54) is 27.8 Å². The number of rotatable bonds is 6. The van der Waals surface area contributed by atoms with E-state index in [0.717, 1.165) is 25.2 Å². The molecule has 0 N–H and O–H groups in total. The first-order valence-corrected chi connectivity index (χ1v) is 8.72. The molecule has 0 aliphatic carbocycles. The lowest BCUT2D eigenvalue weighted by Gasteiger charge is -2.08. The normalized spacial score (nSPS) is 10.6. The molecule has 0 aliphatic heterocycles. The minimum Gasteiger partial charge on any atom is -0.494 e. The summed E-state index contributed by atoms with van der Waals surface area (Å²) in [5.41, 5.74) is 6.34. The number of ether oxygens (including phenoxy) is 1. The van der Waals surface area contributed by atoms with Crippen molar-refractivity contribution in [3.63, 3.8) is 0 Å². The molecular weight excluding hydrogens is 292 g/mol. The molecule has 0 unspecified atom stereocenters. The number of aryl methyl sites for hydroxylation is 1. The van der Waals surface area contributed by atoms with E-state index in [1.54, 1.807) is 0 Å². The number of hydrogen-bond donors (Lipinski definition) is 0. The molecule has 3 aromatic rings. The zero-order valence-corrected chi connectivity index (χ0v) is 14.5. The average Bonchev–Trinajstić information content (AvgIpc) is 2.67. The van der Waals surface area contributed by atoms with Crippen molar-refractivity contribution in [2.24, 2.45) is 0 Å². The van der Waals surface area contributed by atoms with E-state index >= 15 is 0 Å². The minimum absolute atomic E-state index is 0.769. The first-order chi connectivity index (χ1) is 11.8. The van der Waals surface area contributed by atoms with Gasteiger partial charge in [0, 0.05) is 0 Å². The molecule has 0 saturated carbocycles. The van der Waals surface area contributed by atoms with Crippen LogP contribution in [0.25, 0.3) is 22.3 Å². The SMILES string of the molecule is CCCOc1ccc(-c2ccc(-c3ccc(CC)cc3)cc2)cc1. The molecule has 1 heteroatoms. The van der Waals surface area contributed by atoms with Gasteiger partial charge in [0.1, 0.15) is 5.75 Å². The van der Waals surface area contributed by atoms with Crippen LogP contribution in [0.1, 0.15) is 25.8 Å². The van der Waals surface area contributed by atoms with Gasteiger partial charge in [-0.05, 0) is 52.8 Å². The van der Waals surface area contributed by atoms with E-state index in [2.05, 4.69) is 74.5 Å². The summed E-state index contributed by atoms with van der Waals surface area (Å²) >= 11 is 0. The maximum atomic E-state index is 5.64. The minimum atomic E-state index is 0.769. The second-order valence-corrected chi connectivity index (χ2v) is 6.00. The van der Waals surface area contributed by atoms with E-state index in [9.17, 15) is 0 Å². The molecule has 122 valence electrons. The highest BCUT2D eigenvalue weighted by Gasteiger charge is 2.01. The average molecular weight is 316 g/mol. The largest absolute Gasteiger partial charge is 0.494 e. The van der Waals surface area contributed by atoms with Crippen LogP contribution in [-0.4, -0.2) is 6.61 Å². The van der Waals surface area contributed by atoms with E-state index in [0.29, 0.717) is 0 Å². The maximum absolute atomic E-state index is 5.64. The molecule has 0 aromatic heterocycles. The molecule has 0 fully saturated rings. The second kappa shape index (κ2) is 7.83. The number of hydrogen-bond acceptors (Lipinski definition) is 1. The highest BCUT2D eigenvalue weighted by atomic mass is 16.5. The standard InChI is InChI=1S/C23H24O/c1-3-17-24-23-15-13-22(14-16-23)21-11-9-20(10-12-21)19-7-5-18(4-2)6-8-19/h5-16H,3-4,17H2,1-2H3.